The van der Waals surface area contributed by atoms with Crippen molar-refractivity contribution in [3.8, 4) is 0 Å². The van der Waals surface area contributed by atoms with Gasteiger partial charge in [-0.25, -0.2) is 0 Å². The minimum atomic E-state index is 0. The van der Waals surface area contributed by atoms with Gasteiger partial charge in [-0.1, -0.05) is 6.07 Å². The van der Waals surface area contributed by atoms with Gasteiger partial charge in [0.15, 0.2) is 0 Å². The number of nitrogens with one attached hydrogen (secondary N) is 2. The predicted molar refractivity (Wildman–Crippen MR) is 94.2 cm³/mol. The zero-order valence-electron chi connectivity index (χ0n) is 13.0. The first-order chi connectivity index (χ1) is 10.3. The zero-order valence-corrected chi connectivity index (χ0v) is 14.7. The van der Waals surface area contributed by atoms with Crippen LogP contribution in [0.4, 0.5) is 0 Å². The van der Waals surface area contributed by atoms with Crippen LogP contribution in [-0.4, -0.2) is 45.0 Å². The van der Waals surface area contributed by atoms with E-state index < -0.39 is 0 Å². The third-order valence-electron chi connectivity index (χ3n) is 3.55. The van der Waals surface area contributed by atoms with E-state index >= 15 is 0 Å². The van der Waals surface area contributed by atoms with Crippen LogP contribution in [-0.2, 0) is 22.4 Å². The third kappa shape index (κ3) is 6.57. The first-order valence-corrected chi connectivity index (χ1v) is 8.49. The van der Waals surface area contributed by atoms with E-state index in [2.05, 4.69) is 28.8 Å². The van der Waals surface area contributed by atoms with Gasteiger partial charge in [0.1, 0.15) is 0 Å². The van der Waals surface area contributed by atoms with Gasteiger partial charge in [0.05, 0.1) is 12.4 Å². The molecule has 124 valence electrons. The molecule has 6 heteroatoms. The number of hydrogen-bond donors (Lipinski definition) is 2. The second-order valence-electron chi connectivity index (χ2n) is 5.17. The lowest BCUT2D eigenvalue weighted by Gasteiger charge is -2.07. The van der Waals surface area contributed by atoms with Crippen molar-refractivity contribution in [2.24, 2.45) is 0 Å². The van der Waals surface area contributed by atoms with E-state index in [1.54, 1.807) is 18.9 Å². The van der Waals surface area contributed by atoms with Crippen molar-refractivity contribution in [1.82, 2.24) is 10.6 Å². The lowest BCUT2D eigenvalue weighted by Crippen LogP contribution is -2.33. The van der Waals surface area contributed by atoms with E-state index in [1.165, 1.54) is 35.3 Å². The van der Waals surface area contributed by atoms with Crippen molar-refractivity contribution in [3.05, 3.63) is 29.3 Å². The first-order valence-electron chi connectivity index (χ1n) is 7.50. The van der Waals surface area contributed by atoms with E-state index in [-0.39, 0.29) is 18.3 Å². The summed E-state index contributed by atoms with van der Waals surface area (Å²) < 4.78 is 4.94. The fourth-order valence-corrected chi connectivity index (χ4v) is 3.22. The molecule has 0 aromatic heterocycles. The second-order valence-corrected chi connectivity index (χ2v) is 6.21. The van der Waals surface area contributed by atoms with Gasteiger partial charge in [0, 0.05) is 31.6 Å². The number of hydrogen-bond acceptors (Lipinski definition) is 4. The number of carbonyl (C=O) groups is 1. The molecule has 2 N–H and O–H groups in total. The van der Waals surface area contributed by atoms with Crippen LogP contribution in [0.1, 0.15) is 17.5 Å². The predicted octanol–water partition coefficient (Wildman–Crippen LogP) is 2.04. The molecule has 0 spiro atoms. The van der Waals surface area contributed by atoms with Crippen molar-refractivity contribution >= 4 is 30.1 Å². The van der Waals surface area contributed by atoms with E-state index in [4.69, 9.17) is 4.74 Å². The quantitative estimate of drug-likeness (QED) is 0.531. The molecule has 0 radical (unpaired) electrons. The number of rotatable bonds is 9. The molecule has 0 atom stereocenters. The highest BCUT2D eigenvalue weighted by Gasteiger charge is 2.11. The average Bonchev–Trinajstić information content (AvgIpc) is 2.96. The molecule has 1 aliphatic carbocycles. The highest BCUT2D eigenvalue weighted by molar-refractivity contribution is 8.00. The Bertz CT molecular complexity index is 471. The van der Waals surface area contributed by atoms with Crippen molar-refractivity contribution in [2.75, 3.05) is 39.1 Å². The van der Waals surface area contributed by atoms with Gasteiger partial charge in [-0.3, -0.25) is 4.79 Å². The molecule has 1 aliphatic rings. The maximum absolute atomic E-state index is 11.8. The molecule has 0 fully saturated rings. The Labute approximate surface area is 143 Å². The topological polar surface area (TPSA) is 50.4 Å². The highest BCUT2D eigenvalue weighted by atomic mass is 35.5. The van der Waals surface area contributed by atoms with Crippen molar-refractivity contribution in [3.63, 3.8) is 0 Å². The Hall–Kier alpha value is -0.750. The summed E-state index contributed by atoms with van der Waals surface area (Å²) in [4.78, 5) is 13.0. The van der Waals surface area contributed by atoms with Gasteiger partial charge < -0.3 is 15.4 Å². The van der Waals surface area contributed by atoms with Crippen LogP contribution in [0, 0.1) is 0 Å². The molecule has 0 bridgehead atoms. The summed E-state index contributed by atoms with van der Waals surface area (Å²) >= 11 is 1.61. The van der Waals surface area contributed by atoms with Gasteiger partial charge in [0.2, 0.25) is 5.91 Å². The SMILES string of the molecule is COCCNCCNC(=O)CSc1ccc2c(c1)CCC2.Cl. The Morgan fingerprint density at radius 1 is 1.23 bits per heavy atom. The van der Waals surface area contributed by atoms with Crippen molar-refractivity contribution in [2.45, 2.75) is 24.2 Å². The van der Waals surface area contributed by atoms with E-state index in [0.717, 1.165) is 13.1 Å². The van der Waals surface area contributed by atoms with E-state index in [0.29, 0.717) is 18.9 Å². The normalized spacial score (nSPS) is 12.6. The van der Waals surface area contributed by atoms with Gasteiger partial charge in [-0.05, 0) is 42.5 Å². The maximum atomic E-state index is 11.8. The number of amides is 1. The molecule has 22 heavy (non-hydrogen) atoms. The number of benzene rings is 1. The molecule has 1 amide bonds. The van der Waals surface area contributed by atoms with Gasteiger partial charge in [-0.2, -0.15) is 0 Å². The molecule has 1 aromatic rings. The van der Waals surface area contributed by atoms with Crippen LogP contribution in [0.15, 0.2) is 23.1 Å². The number of carbonyl (C=O) groups excluding carboxylic acids is 1. The summed E-state index contributed by atoms with van der Waals surface area (Å²) in [5.74, 6) is 0.575. The number of aryl methyl sites for hydroxylation is 2. The number of fused-ring (bicyclic) bond motifs is 1. The van der Waals surface area contributed by atoms with Crippen LogP contribution in [0.5, 0.6) is 0 Å². The zero-order chi connectivity index (χ0) is 14.9. The van der Waals surface area contributed by atoms with E-state index in [1.807, 2.05) is 0 Å². The Kier molecular flexibility index (Phi) is 9.55. The summed E-state index contributed by atoms with van der Waals surface area (Å²) in [5, 5.41) is 6.12. The monoisotopic (exact) mass is 344 g/mol. The summed E-state index contributed by atoms with van der Waals surface area (Å²) in [6.45, 7) is 2.95. The number of methoxy groups -OCH3 is 1. The molecular formula is C16H25ClN2O2S. The molecule has 1 aromatic carbocycles. The van der Waals surface area contributed by atoms with Crippen LogP contribution < -0.4 is 10.6 Å². The lowest BCUT2D eigenvalue weighted by atomic mass is 10.1. The van der Waals surface area contributed by atoms with Crippen LogP contribution in [0.3, 0.4) is 0 Å². The van der Waals surface area contributed by atoms with Gasteiger partial charge in [0.25, 0.3) is 0 Å². The summed E-state index contributed by atoms with van der Waals surface area (Å²) in [6, 6.07) is 6.59. The maximum Gasteiger partial charge on any atom is 0.230 e. The summed E-state index contributed by atoms with van der Waals surface area (Å²) in [6.07, 6.45) is 3.65. The Morgan fingerprint density at radius 3 is 2.86 bits per heavy atom. The minimum absolute atomic E-state index is 0. The highest BCUT2D eigenvalue weighted by Crippen LogP contribution is 2.27. The Morgan fingerprint density at radius 2 is 2.05 bits per heavy atom. The number of thioether (sulfide) groups is 1. The lowest BCUT2D eigenvalue weighted by molar-refractivity contribution is -0.118. The molecule has 0 unspecified atom stereocenters. The van der Waals surface area contributed by atoms with Crippen LogP contribution in [0.25, 0.3) is 0 Å². The first kappa shape index (κ1) is 19.3. The van der Waals surface area contributed by atoms with Gasteiger partial charge in [-0.15, -0.1) is 24.2 Å². The Balaban J connectivity index is 0.00000242. The fourth-order valence-electron chi connectivity index (χ4n) is 2.43. The molecule has 0 saturated carbocycles. The van der Waals surface area contributed by atoms with Crippen molar-refractivity contribution in [1.29, 1.82) is 0 Å². The molecule has 4 nitrogen and oxygen atoms in total. The van der Waals surface area contributed by atoms with Gasteiger partial charge >= 0.3 is 0 Å². The molecule has 0 aliphatic heterocycles. The smallest absolute Gasteiger partial charge is 0.230 e. The molecule has 0 heterocycles. The summed E-state index contributed by atoms with van der Waals surface area (Å²) in [5.41, 5.74) is 2.94. The van der Waals surface area contributed by atoms with Crippen molar-refractivity contribution < 1.29 is 9.53 Å². The number of halogens is 1. The van der Waals surface area contributed by atoms with E-state index in [9.17, 15) is 4.79 Å². The number of ether oxygens (including phenoxy) is 1. The largest absolute Gasteiger partial charge is 0.383 e. The van der Waals surface area contributed by atoms with Crippen LogP contribution >= 0.6 is 24.2 Å². The molecule has 2 rings (SSSR count). The standard InChI is InChI=1S/C16H24N2O2S.ClH/c1-20-10-9-17-7-8-18-16(19)12-21-15-6-5-13-3-2-4-14(13)11-15;/h5-6,11,17H,2-4,7-10,12H2,1H3,(H,18,19);1H. The molecule has 0 saturated heterocycles. The van der Waals surface area contributed by atoms with Crippen LogP contribution in [0.2, 0.25) is 0 Å². The minimum Gasteiger partial charge on any atom is -0.383 e. The summed E-state index contributed by atoms with van der Waals surface area (Å²) in [7, 11) is 1.68. The third-order valence-corrected chi connectivity index (χ3v) is 4.54. The molecular weight excluding hydrogens is 320 g/mol. The second kappa shape index (κ2) is 10.9. The average molecular weight is 345 g/mol. The fraction of sp³-hybridized carbons (Fsp3) is 0.562.